The molecule has 0 rings (SSSR count). The van der Waals surface area contributed by atoms with Crippen LogP contribution in [0.4, 0.5) is 4.70 Å². The van der Waals surface area contributed by atoms with Crippen molar-refractivity contribution in [1.82, 2.24) is 0 Å². The van der Waals surface area contributed by atoms with Gasteiger partial charge in [-0.25, -0.2) is 9.13 Å². The molecule has 0 aliphatic heterocycles. The van der Waals surface area contributed by atoms with Gasteiger partial charge in [-0.05, 0) is 0 Å². The van der Waals surface area contributed by atoms with Crippen molar-refractivity contribution in [1.29, 1.82) is 0 Å². The summed E-state index contributed by atoms with van der Waals surface area (Å²) in [7, 11) is -9.28. The Morgan fingerprint density at radius 1 is 0.636 bits per heavy atom. The van der Waals surface area contributed by atoms with Gasteiger partial charge >= 0.3 is 15.6 Å². The molecule has 0 aromatic heterocycles. The van der Waals surface area contributed by atoms with Crippen molar-refractivity contribution in [3.05, 3.63) is 0 Å². The summed E-state index contributed by atoms with van der Waals surface area (Å²) in [5.74, 6) is 0. The predicted molar refractivity (Wildman–Crippen MR) is 31.0 cm³/mol. The Labute approximate surface area is 60.0 Å². The first-order valence-electron chi connectivity index (χ1n) is 1.57. The monoisotopic (exact) mass is 216 g/mol. The van der Waals surface area contributed by atoms with Crippen molar-refractivity contribution >= 4 is 15.6 Å². The Morgan fingerprint density at radius 3 is 0.636 bits per heavy atom. The van der Waals surface area contributed by atoms with Crippen molar-refractivity contribution in [2.24, 2.45) is 0 Å². The average molecular weight is 216 g/mol. The highest BCUT2D eigenvalue weighted by Gasteiger charge is 2.00. The molecule has 11 heavy (non-hydrogen) atoms. The summed E-state index contributed by atoms with van der Waals surface area (Å²) < 4.78 is 17.8. The maximum absolute atomic E-state index is 8.88. The largest absolute Gasteiger partial charge is 0.466 e. The summed E-state index contributed by atoms with van der Waals surface area (Å²) in [6.45, 7) is 0. The molecule has 0 amide bonds. The van der Waals surface area contributed by atoms with Gasteiger partial charge in [0, 0.05) is 0 Å². The molecule has 0 unspecified atom stereocenters. The molecule has 72 valence electrons. The maximum atomic E-state index is 8.88. The Morgan fingerprint density at radius 2 is 0.636 bits per heavy atom. The van der Waals surface area contributed by atoms with Crippen molar-refractivity contribution in [2.45, 2.75) is 0 Å². The number of phosphoric acid groups is 2. The maximum Gasteiger partial charge on any atom is 0.466 e. The lowest BCUT2D eigenvalue weighted by atomic mass is 15.8. The Bertz CT molecular complexity index is 124. The first-order valence-corrected chi connectivity index (χ1v) is 4.70. The van der Waals surface area contributed by atoms with Crippen LogP contribution in [0.5, 0.6) is 0 Å². The molecule has 0 spiro atoms. The van der Waals surface area contributed by atoms with Crippen LogP contribution in [0.15, 0.2) is 0 Å². The highest BCUT2D eigenvalue weighted by molar-refractivity contribution is 7.45. The number of hydrogen-bond acceptors (Lipinski definition) is 2. The van der Waals surface area contributed by atoms with E-state index in [0.717, 1.165) is 0 Å². The molecule has 0 saturated heterocycles. The lowest BCUT2D eigenvalue weighted by Gasteiger charge is -1.82. The minimum Gasteiger partial charge on any atom is -0.303 e. The fourth-order valence-electron chi connectivity index (χ4n) is 0. The molecular weight excluding hydrogens is 209 g/mol. The molecule has 0 saturated carbocycles. The summed E-state index contributed by atoms with van der Waals surface area (Å²) in [6.07, 6.45) is 0. The second-order valence-corrected chi connectivity index (χ2v) is 3.08. The van der Waals surface area contributed by atoms with E-state index in [0.29, 0.717) is 0 Å². The molecule has 11 heteroatoms. The molecule has 8 nitrogen and oxygen atoms in total. The lowest BCUT2D eigenvalue weighted by Crippen LogP contribution is -1.66. The minimum absolute atomic E-state index is 0. The number of hydrogen-bond donors (Lipinski definition) is 6. The van der Waals surface area contributed by atoms with E-state index in [9.17, 15) is 0 Å². The van der Waals surface area contributed by atoms with Gasteiger partial charge in [0.15, 0.2) is 0 Å². The third-order valence-corrected chi connectivity index (χ3v) is 0. The fraction of sp³-hybridized carbons (Fsp3) is 0. The molecule has 0 atom stereocenters. The highest BCUT2D eigenvalue weighted by Crippen LogP contribution is 2.26. The second-order valence-electron chi connectivity index (χ2n) is 1.03. The van der Waals surface area contributed by atoms with E-state index < -0.39 is 15.6 Å². The lowest BCUT2D eigenvalue weighted by molar-refractivity contribution is 0.272. The van der Waals surface area contributed by atoms with Gasteiger partial charge in [0.05, 0.1) is 0 Å². The van der Waals surface area contributed by atoms with Gasteiger partial charge in [-0.1, -0.05) is 0 Å². The van der Waals surface area contributed by atoms with Gasteiger partial charge in [0.2, 0.25) is 0 Å². The van der Waals surface area contributed by atoms with Gasteiger partial charge in [-0.2, -0.15) is 0 Å². The molecule has 0 aromatic rings. The van der Waals surface area contributed by atoms with Crippen LogP contribution in [0.1, 0.15) is 0 Å². The Hall–Kier alpha value is 0.150. The average Bonchev–Trinajstić information content (AvgIpc) is 1.12. The van der Waals surface area contributed by atoms with Crippen LogP contribution in [-0.4, -0.2) is 29.4 Å². The Balaban J connectivity index is -0.000000107. The SMILES string of the molecule is F.O=P(O)(O)O.O=P(O)(O)O. The topological polar surface area (TPSA) is 156 Å². The summed E-state index contributed by atoms with van der Waals surface area (Å²) in [4.78, 5) is 43.1. The van der Waals surface area contributed by atoms with E-state index in [1.165, 1.54) is 0 Å². The zero-order chi connectivity index (χ0) is 9.00. The van der Waals surface area contributed by atoms with Crippen LogP contribution in [0.2, 0.25) is 0 Å². The number of halogens is 1. The van der Waals surface area contributed by atoms with Gasteiger partial charge in [-0.15, -0.1) is 0 Å². The second kappa shape index (κ2) is 5.76. The van der Waals surface area contributed by atoms with Crippen LogP contribution < -0.4 is 0 Å². The summed E-state index contributed by atoms with van der Waals surface area (Å²) in [5, 5.41) is 0. The molecule has 6 N–H and O–H groups in total. The van der Waals surface area contributed by atoms with Gasteiger partial charge in [0.1, 0.15) is 0 Å². The zero-order valence-electron chi connectivity index (χ0n) is 4.80. The van der Waals surface area contributed by atoms with Crippen LogP contribution in [0, 0.1) is 0 Å². The van der Waals surface area contributed by atoms with Gasteiger partial charge < -0.3 is 29.4 Å². The van der Waals surface area contributed by atoms with Crippen molar-refractivity contribution in [2.75, 3.05) is 0 Å². The van der Waals surface area contributed by atoms with Crippen molar-refractivity contribution in [3.63, 3.8) is 0 Å². The molecular formula is H7FO8P2. The van der Waals surface area contributed by atoms with E-state index in [1.807, 2.05) is 0 Å². The van der Waals surface area contributed by atoms with E-state index in [4.69, 9.17) is 38.5 Å². The van der Waals surface area contributed by atoms with Crippen molar-refractivity contribution in [3.8, 4) is 0 Å². The van der Waals surface area contributed by atoms with E-state index >= 15 is 0 Å². The highest BCUT2D eigenvalue weighted by atomic mass is 31.2. The van der Waals surface area contributed by atoms with Crippen LogP contribution in [-0.2, 0) is 9.13 Å². The van der Waals surface area contributed by atoms with E-state index in [2.05, 4.69) is 0 Å². The summed E-state index contributed by atoms with van der Waals surface area (Å²) in [6, 6.07) is 0. The van der Waals surface area contributed by atoms with Crippen molar-refractivity contribution < 1.29 is 43.2 Å². The smallest absolute Gasteiger partial charge is 0.303 e. The molecule has 0 heterocycles. The molecule has 0 radical (unpaired) electrons. The molecule has 0 bridgehead atoms. The molecule has 0 fully saturated rings. The van der Waals surface area contributed by atoms with E-state index in [-0.39, 0.29) is 4.70 Å². The predicted octanol–water partition coefficient (Wildman–Crippen LogP) is -1.70. The molecule has 0 aliphatic rings. The first kappa shape index (κ1) is 17.3. The fourth-order valence-corrected chi connectivity index (χ4v) is 0. The summed E-state index contributed by atoms with van der Waals surface area (Å²) in [5.41, 5.74) is 0. The number of rotatable bonds is 0. The van der Waals surface area contributed by atoms with Crippen LogP contribution >= 0.6 is 15.6 Å². The molecule has 0 aliphatic carbocycles. The first-order chi connectivity index (χ1) is 4.00. The zero-order valence-corrected chi connectivity index (χ0v) is 6.59. The minimum atomic E-state index is -4.64. The standard InChI is InChI=1S/FH.2H3O4P/c;2*1-5(2,3)4/h1H;2*(H3,1,2,3,4). The quantitative estimate of drug-likeness (QED) is 0.261. The summed E-state index contributed by atoms with van der Waals surface area (Å²) >= 11 is 0. The van der Waals surface area contributed by atoms with Crippen LogP contribution in [0.3, 0.4) is 0 Å². The third-order valence-electron chi connectivity index (χ3n) is 0. The normalized spacial score (nSPS) is 10.7. The van der Waals surface area contributed by atoms with E-state index in [1.54, 1.807) is 0 Å². The van der Waals surface area contributed by atoms with Crippen LogP contribution in [0.25, 0.3) is 0 Å². The Kier molecular flexibility index (Phi) is 9.05. The van der Waals surface area contributed by atoms with Gasteiger partial charge in [-0.3, -0.25) is 4.70 Å². The van der Waals surface area contributed by atoms with Gasteiger partial charge in [0.25, 0.3) is 0 Å². The third kappa shape index (κ3) is 30000. The molecule has 0 aromatic carbocycles.